The van der Waals surface area contributed by atoms with E-state index in [-0.39, 0.29) is 18.5 Å². The molecular formula is C19H13NO4S. The van der Waals surface area contributed by atoms with Crippen molar-refractivity contribution in [1.82, 2.24) is 0 Å². The quantitative estimate of drug-likeness (QED) is 0.723. The minimum Gasteiger partial charge on any atom is -0.454 e. The number of hydrogen-bond donors (Lipinski definition) is 1. The van der Waals surface area contributed by atoms with E-state index in [4.69, 9.17) is 9.47 Å². The van der Waals surface area contributed by atoms with Gasteiger partial charge in [0, 0.05) is 16.8 Å². The summed E-state index contributed by atoms with van der Waals surface area (Å²) in [5, 5.41) is 4.67. The van der Waals surface area contributed by atoms with E-state index < -0.39 is 0 Å². The molecule has 0 saturated carbocycles. The fraction of sp³-hybridized carbons (Fsp3) is 0.0526. The minimum absolute atomic E-state index is 0.0244. The molecule has 0 atom stereocenters. The van der Waals surface area contributed by atoms with Gasteiger partial charge in [-0.2, -0.15) is 0 Å². The predicted molar refractivity (Wildman–Crippen MR) is 94.7 cm³/mol. The van der Waals surface area contributed by atoms with Crippen molar-refractivity contribution in [1.29, 1.82) is 0 Å². The molecule has 0 aliphatic carbocycles. The summed E-state index contributed by atoms with van der Waals surface area (Å²) in [5.74, 6) is 0.914. The molecule has 4 rings (SSSR count). The van der Waals surface area contributed by atoms with Crippen LogP contribution in [0.3, 0.4) is 0 Å². The normalized spacial score (nSPS) is 12.0. The van der Waals surface area contributed by atoms with Crippen molar-refractivity contribution in [3.8, 4) is 11.5 Å². The molecule has 1 aliphatic rings. The second-order valence-corrected chi connectivity index (χ2v) is 6.35. The molecule has 0 spiro atoms. The van der Waals surface area contributed by atoms with Gasteiger partial charge in [-0.25, -0.2) is 0 Å². The maximum absolute atomic E-state index is 12.3. The largest absolute Gasteiger partial charge is 0.454 e. The first-order valence-electron chi connectivity index (χ1n) is 7.60. The lowest BCUT2D eigenvalue weighted by Gasteiger charge is -2.07. The van der Waals surface area contributed by atoms with Crippen molar-refractivity contribution in [2.75, 3.05) is 12.1 Å². The maximum atomic E-state index is 12.3. The molecule has 3 aromatic rings. The Hall–Kier alpha value is -3.12. The van der Waals surface area contributed by atoms with Crippen LogP contribution in [0.5, 0.6) is 11.5 Å². The molecular weight excluding hydrogens is 338 g/mol. The Labute approximate surface area is 147 Å². The van der Waals surface area contributed by atoms with Crippen LogP contribution in [0.25, 0.3) is 0 Å². The van der Waals surface area contributed by atoms with Crippen molar-refractivity contribution in [2.45, 2.75) is 0 Å². The Kier molecular flexibility index (Phi) is 3.95. The third-order valence-electron chi connectivity index (χ3n) is 3.78. The lowest BCUT2D eigenvalue weighted by atomic mass is 10.1. The van der Waals surface area contributed by atoms with E-state index in [2.05, 4.69) is 5.32 Å². The van der Waals surface area contributed by atoms with Crippen molar-refractivity contribution in [2.24, 2.45) is 0 Å². The highest BCUT2D eigenvalue weighted by atomic mass is 32.1. The zero-order valence-corrected chi connectivity index (χ0v) is 13.8. The van der Waals surface area contributed by atoms with E-state index in [1.165, 1.54) is 11.3 Å². The summed E-state index contributed by atoms with van der Waals surface area (Å²) in [6.07, 6.45) is 0. The molecule has 25 heavy (non-hydrogen) atoms. The average molecular weight is 351 g/mol. The number of ether oxygens (including phenoxy) is 2. The molecule has 2 heterocycles. The topological polar surface area (TPSA) is 64.6 Å². The lowest BCUT2D eigenvalue weighted by Crippen LogP contribution is -2.12. The summed E-state index contributed by atoms with van der Waals surface area (Å²) in [6.45, 7) is 0.167. The van der Waals surface area contributed by atoms with Gasteiger partial charge in [-0.3, -0.25) is 9.59 Å². The Morgan fingerprint density at radius 2 is 1.68 bits per heavy atom. The number of fused-ring (bicyclic) bond motifs is 1. The monoisotopic (exact) mass is 351 g/mol. The maximum Gasteiger partial charge on any atom is 0.255 e. The van der Waals surface area contributed by atoms with E-state index in [9.17, 15) is 9.59 Å². The molecule has 2 aromatic carbocycles. The zero-order chi connectivity index (χ0) is 17.2. The molecule has 0 radical (unpaired) electrons. The number of anilines is 1. The molecule has 124 valence electrons. The highest BCUT2D eigenvalue weighted by Gasteiger charge is 2.16. The Bertz CT molecular complexity index is 933. The first kappa shape index (κ1) is 15.4. The van der Waals surface area contributed by atoms with Crippen LogP contribution in [0.2, 0.25) is 0 Å². The van der Waals surface area contributed by atoms with Crippen LogP contribution in [0.15, 0.2) is 60.0 Å². The molecule has 1 aromatic heterocycles. The van der Waals surface area contributed by atoms with Gasteiger partial charge in [0.05, 0.1) is 4.88 Å². The first-order chi connectivity index (χ1) is 12.2. The SMILES string of the molecule is O=C(Nc1ccc(C(=O)c2cccs2)cc1)c1ccc2c(c1)OCO2. The molecule has 1 amide bonds. The highest BCUT2D eigenvalue weighted by Crippen LogP contribution is 2.32. The van der Waals surface area contributed by atoms with Crippen LogP contribution in [0.1, 0.15) is 25.6 Å². The number of amides is 1. The number of nitrogens with one attached hydrogen (secondary N) is 1. The van der Waals surface area contributed by atoms with Crippen LogP contribution in [0.4, 0.5) is 5.69 Å². The van der Waals surface area contributed by atoms with Gasteiger partial charge < -0.3 is 14.8 Å². The minimum atomic E-state index is -0.254. The number of carbonyl (C=O) groups is 2. The summed E-state index contributed by atoms with van der Waals surface area (Å²) in [4.78, 5) is 25.3. The fourth-order valence-electron chi connectivity index (χ4n) is 2.50. The van der Waals surface area contributed by atoms with Crippen LogP contribution < -0.4 is 14.8 Å². The second kappa shape index (κ2) is 6.41. The number of benzene rings is 2. The van der Waals surface area contributed by atoms with Gasteiger partial charge in [0.25, 0.3) is 5.91 Å². The Morgan fingerprint density at radius 3 is 2.44 bits per heavy atom. The highest BCUT2D eigenvalue weighted by molar-refractivity contribution is 7.12. The van der Waals surface area contributed by atoms with E-state index in [0.29, 0.717) is 33.2 Å². The van der Waals surface area contributed by atoms with Gasteiger partial charge in [0.15, 0.2) is 11.5 Å². The van der Waals surface area contributed by atoms with Crippen LogP contribution in [0, 0.1) is 0 Å². The number of thiophene rings is 1. The van der Waals surface area contributed by atoms with E-state index in [0.717, 1.165) is 0 Å². The summed E-state index contributed by atoms with van der Waals surface area (Å²) in [5.41, 5.74) is 1.68. The predicted octanol–water partition coefficient (Wildman–Crippen LogP) is 3.96. The molecule has 1 N–H and O–H groups in total. The van der Waals surface area contributed by atoms with E-state index in [1.54, 1.807) is 48.5 Å². The molecule has 0 saturated heterocycles. The smallest absolute Gasteiger partial charge is 0.255 e. The van der Waals surface area contributed by atoms with Crippen molar-refractivity contribution < 1.29 is 19.1 Å². The molecule has 0 bridgehead atoms. The number of ketones is 1. The van der Waals surface area contributed by atoms with Crippen LogP contribution in [-0.4, -0.2) is 18.5 Å². The third-order valence-corrected chi connectivity index (χ3v) is 4.65. The van der Waals surface area contributed by atoms with Gasteiger partial charge in [0.1, 0.15) is 0 Å². The van der Waals surface area contributed by atoms with E-state index >= 15 is 0 Å². The van der Waals surface area contributed by atoms with Gasteiger partial charge in [-0.15, -0.1) is 11.3 Å². The average Bonchev–Trinajstić information content (AvgIpc) is 3.32. The molecule has 5 nitrogen and oxygen atoms in total. The summed E-state index contributed by atoms with van der Waals surface area (Å²) in [6, 6.07) is 15.5. The Balaban J connectivity index is 1.47. The number of rotatable bonds is 4. The van der Waals surface area contributed by atoms with Crippen molar-refractivity contribution >= 4 is 28.7 Å². The van der Waals surface area contributed by atoms with Crippen LogP contribution >= 0.6 is 11.3 Å². The first-order valence-corrected chi connectivity index (χ1v) is 8.48. The molecule has 6 heteroatoms. The van der Waals surface area contributed by atoms with Crippen molar-refractivity contribution in [3.05, 3.63) is 76.0 Å². The summed E-state index contributed by atoms with van der Waals surface area (Å²) < 4.78 is 10.5. The fourth-order valence-corrected chi connectivity index (χ4v) is 3.18. The lowest BCUT2D eigenvalue weighted by molar-refractivity contribution is 0.102. The number of hydrogen-bond acceptors (Lipinski definition) is 5. The van der Waals surface area contributed by atoms with Gasteiger partial charge in [0.2, 0.25) is 12.6 Å². The zero-order valence-electron chi connectivity index (χ0n) is 13.0. The van der Waals surface area contributed by atoms with Gasteiger partial charge in [-0.05, 0) is 53.9 Å². The van der Waals surface area contributed by atoms with Gasteiger partial charge >= 0.3 is 0 Å². The summed E-state index contributed by atoms with van der Waals surface area (Å²) in [7, 11) is 0. The standard InChI is InChI=1S/C19H13NO4S/c21-18(17-2-1-9-25-17)12-3-6-14(7-4-12)20-19(22)13-5-8-15-16(10-13)24-11-23-15/h1-10H,11H2,(H,20,22). The molecule has 0 unspecified atom stereocenters. The third kappa shape index (κ3) is 3.12. The van der Waals surface area contributed by atoms with Crippen LogP contribution in [-0.2, 0) is 0 Å². The Morgan fingerprint density at radius 1 is 0.920 bits per heavy atom. The van der Waals surface area contributed by atoms with Crippen molar-refractivity contribution in [3.63, 3.8) is 0 Å². The van der Waals surface area contributed by atoms with E-state index in [1.807, 2.05) is 11.4 Å². The van der Waals surface area contributed by atoms with Gasteiger partial charge in [-0.1, -0.05) is 6.07 Å². The molecule has 0 fully saturated rings. The molecule has 1 aliphatic heterocycles. The summed E-state index contributed by atoms with van der Waals surface area (Å²) >= 11 is 1.41. The second-order valence-electron chi connectivity index (χ2n) is 5.41. The number of carbonyl (C=O) groups excluding carboxylic acids is 2.